The van der Waals surface area contributed by atoms with E-state index in [9.17, 15) is 14.0 Å². The Morgan fingerprint density at radius 3 is 2.59 bits per heavy atom. The first-order valence-electron chi connectivity index (χ1n) is 9.49. The van der Waals surface area contributed by atoms with Crippen molar-refractivity contribution >= 4 is 34.1 Å². The lowest BCUT2D eigenvalue weighted by molar-refractivity contribution is 0.0996. The van der Waals surface area contributed by atoms with Crippen LogP contribution in [-0.2, 0) is 0 Å². The number of benzene rings is 2. The van der Waals surface area contributed by atoms with Crippen LogP contribution in [0.5, 0.6) is 0 Å². The minimum absolute atomic E-state index is 0.326. The first-order chi connectivity index (χ1) is 13.9. The standard InChI is InChI=1S/C22H21FN4O2/c1-13-17(10-14-4-6-16(23)12-18(14)25-13)22(29)26-19-11-15(21(24)28)5-7-20(19)27-8-2-3-9-27/h4-7,10-12H,2-3,8-9H2,1H3,(H2,24,28)(H,26,29). The number of primary amides is 1. The third kappa shape index (κ3) is 3.76. The molecule has 4 rings (SSSR count). The normalized spacial score (nSPS) is 13.7. The van der Waals surface area contributed by atoms with Crippen LogP contribution in [0.3, 0.4) is 0 Å². The van der Waals surface area contributed by atoms with Gasteiger partial charge >= 0.3 is 0 Å². The molecule has 0 unspecified atom stereocenters. The molecule has 1 fully saturated rings. The van der Waals surface area contributed by atoms with E-state index >= 15 is 0 Å². The lowest BCUT2D eigenvalue weighted by Crippen LogP contribution is -2.22. The monoisotopic (exact) mass is 392 g/mol. The number of nitrogens with one attached hydrogen (secondary N) is 1. The highest BCUT2D eigenvalue weighted by molar-refractivity contribution is 6.09. The van der Waals surface area contributed by atoms with Crippen molar-refractivity contribution in [3.63, 3.8) is 0 Å². The molecule has 3 aromatic rings. The van der Waals surface area contributed by atoms with Gasteiger partial charge in [0.15, 0.2) is 0 Å². The predicted octanol–water partition coefficient (Wildman–Crippen LogP) is 3.63. The first kappa shape index (κ1) is 18.9. The summed E-state index contributed by atoms with van der Waals surface area (Å²) in [6, 6.07) is 11.1. The molecule has 1 aliphatic rings. The maximum Gasteiger partial charge on any atom is 0.257 e. The maximum atomic E-state index is 13.4. The van der Waals surface area contributed by atoms with Crippen LogP contribution in [0, 0.1) is 12.7 Å². The van der Waals surface area contributed by atoms with Crippen molar-refractivity contribution in [2.75, 3.05) is 23.3 Å². The lowest BCUT2D eigenvalue weighted by Gasteiger charge is -2.22. The molecule has 1 saturated heterocycles. The van der Waals surface area contributed by atoms with Gasteiger partial charge in [-0.15, -0.1) is 0 Å². The van der Waals surface area contributed by atoms with Crippen LogP contribution in [-0.4, -0.2) is 29.9 Å². The molecule has 7 heteroatoms. The molecule has 3 N–H and O–H groups in total. The fraction of sp³-hybridized carbons (Fsp3) is 0.227. The Labute approximate surface area is 167 Å². The Balaban J connectivity index is 1.71. The maximum absolute atomic E-state index is 13.4. The van der Waals surface area contributed by atoms with E-state index in [-0.39, 0.29) is 11.7 Å². The van der Waals surface area contributed by atoms with Gasteiger partial charge < -0.3 is 16.0 Å². The fourth-order valence-corrected chi connectivity index (χ4v) is 3.68. The van der Waals surface area contributed by atoms with Crippen molar-refractivity contribution in [3.05, 3.63) is 65.1 Å². The average molecular weight is 392 g/mol. The highest BCUT2D eigenvalue weighted by atomic mass is 19.1. The number of aryl methyl sites for hydroxylation is 1. The summed E-state index contributed by atoms with van der Waals surface area (Å²) in [5, 5.41) is 3.59. The van der Waals surface area contributed by atoms with E-state index in [1.165, 1.54) is 12.1 Å². The lowest BCUT2D eigenvalue weighted by atomic mass is 10.1. The quantitative estimate of drug-likeness (QED) is 0.710. The third-order valence-corrected chi connectivity index (χ3v) is 5.19. The number of rotatable bonds is 4. The molecule has 0 atom stereocenters. The van der Waals surface area contributed by atoms with Gasteiger partial charge in [0.2, 0.25) is 5.91 Å². The van der Waals surface area contributed by atoms with E-state index in [4.69, 9.17) is 5.73 Å². The number of nitrogens with two attached hydrogens (primary N) is 1. The van der Waals surface area contributed by atoms with E-state index < -0.39 is 5.91 Å². The number of amides is 2. The van der Waals surface area contributed by atoms with Gasteiger partial charge in [-0.3, -0.25) is 14.6 Å². The van der Waals surface area contributed by atoms with Gasteiger partial charge in [0, 0.05) is 30.1 Å². The van der Waals surface area contributed by atoms with E-state index in [0.717, 1.165) is 31.6 Å². The molecule has 2 heterocycles. The summed E-state index contributed by atoms with van der Waals surface area (Å²) >= 11 is 0. The molecule has 1 aromatic heterocycles. The van der Waals surface area contributed by atoms with Crippen LogP contribution in [0.25, 0.3) is 10.9 Å². The minimum atomic E-state index is -0.556. The highest BCUT2D eigenvalue weighted by Crippen LogP contribution is 2.31. The zero-order valence-electron chi connectivity index (χ0n) is 16.0. The predicted molar refractivity (Wildman–Crippen MR) is 111 cm³/mol. The second-order valence-corrected chi connectivity index (χ2v) is 7.20. The molecule has 0 radical (unpaired) electrons. The molecule has 2 amide bonds. The van der Waals surface area contributed by atoms with Crippen LogP contribution in [0.4, 0.5) is 15.8 Å². The smallest absolute Gasteiger partial charge is 0.257 e. The number of nitrogens with zero attached hydrogens (tertiary/aromatic N) is 2. The third-order valence-electron chi connectivity index (χ3n) is 5.19. The zero-order valence-corrected chi connectivity index (χ0v) is 16.0. The zero-order chi connectivity index (χ0) is 20.5. The van der Waals surface area contributed by atoms with Crippen LogP contribution < -0.4 is 16.0 Å². The SMILES string of the molecule is Cc1nc2cc(F)ccc2cc1C(=O)Nc1cc(C(N)=O)ccc1N1CCCC1. The number of hydrogen-bond acceptors (Lipinski definition) is 4. The fourth-order valence-electron chi connectivity index (χ4n) is 3.68. The summed E-state index contributed by atoms with van der Waals surface area (Å²) in [5.74, 6) is -1.28. The molecule has 1 aliphatic heterocycles. The number of halogens is 1. The minimum Gasteiger partial charge on any atom is -0.370 e. The highest BCUT2D eigenvalue weighted by Gasteiger charge is 2.20. The van der Waals surface area contributed by atoms with Crippen LogP contribution in [0.15, 0.2) is 42.5 Å². The average Bonchev–Trinajstić information content (AvgIpc) is 3.21. The van der Waals surface area contributed by atoms with E-state index in [2.05, 4.69) is 15.2 Å². The Kier molecular flexibility index (Phi) is 4.88. The largest absolute Gasteiger partial charge is 0.370 e. The number of aromatic nitrogens is 1. The van der Waals surface area contributed by atoms with Crippen molar-refractivity contribution in [2.45, 2.75) is 19.8 Å². The van der Waals surface area contributed by atoms with Crippen LogP contribution in [0.2, 0.25) is 0 Å². The Morgan fingerprint density at radius 2 is 1.86 bits per heavy atom. The van der Waals surface area contributed by atoms with Crippen molar-refractivity contribution in [1.29, 1.82) is 0 Å². The van der Waals surface area contributed by atoms with Crippen molar-refractivity contribution in [1.82, 2.24) is 4.98 Å². The van der Waals surface area contributed by atoms with E-state index in [1.807, 2.05) is 6.07 Å². The summed E-state index contributed by atoms with van der Waals surface area (Å²) in [4.78, 5) is 31.2. The van der Waals surface area contributed by atoms with Gasteiger partial charge in [0.05, 0.1) is 28.1 Å². The van der Waals surface area contributed by atoms with Gasteiger partial charge in [-0.2, -0.15) is 0 Å². The van der Waals surface area contributed by atoms with Gasteiger partial charge in [-0.25, -0.2) is 4.39 Å². The Bertz CT molecular complexity index is 1120. The molecule has 0 saturated carbocycles. The second kappa shape index (κ2) is 7.50. The molecule has 6 nitrogen and oxygen atoms in total. The van der Waals surface area contributed by atoms with Gasteiger partial charge in [0.1, 0.15) is 5.82 Å². The van der Waals surface area contributed by atoms with Crippen LogP contribution in [0.1, 0.15) is 39.3 Å². The second-order valence-electron chi connectivity index (χ2n) is 7.20. The van der Waals surface area contributed by atoms with Gasteiger partial charge in [-0.05, 0) is 56.2 Å². The number of fused-ring (bicyclic) bond motifs is 1. The number of anilines is 2. The summed E-state index contributed by atoms with van der Waals surface area (Å²) in [5.41, 5.74) is 8.51. The Hall–Kier alpha value is -3.48. The Morgan fingerprint density at radius 1 is 1.10 bits per heavy atom. The van der Waals surface area contributed by atoms with Gasteiger partial charge in [0.25, 0.3) is 5.91 Å². The number of pyridine rings is 1. The summed E-state index contributed by atoms with van der Waals surface area (Å²) in [6.45, 7) is 3.49. The van der Waals surface area contributed by atoms with Crippen molar-refractivity contribution in [3.8, 4) is 0 Å². The van der Waals surface area contributed by atoms with Crippen molar-refractivity contribution in [2.24, 2.45) is 5.73 Å². The molecule has 148 valence electrons. The van der Waals surface area contributed by atoms with Crippen molar-refractivity contribution < 1.29 is 14.0 Å². The summed E-state index contributed by atoms with van der Waals surface area (Å²) in [7, 11) is 0. The first-order valence-corrected chi connectivity index (χ1v) is 9.49. The summed E-state index contributed by atoms with van der Waals surface area (Å²) in [6.07, 6.45) is 2.16. The van der Waals surface area contributed by atoms with Gasteiger partial charge in [-0.1, -0.05) is 0 Å². The topological polar surface area (TPSA) is 88.3 Å². The molecular formula is C22H21FN4O2. The number of hydrogen-bond donors (Lipinski definition) is 2. The molecule has 0 aliphatic carbocycles. The molecule has 0 bridgehead atoms. The number of carbonyl (C=O) groups excluding carboxylic acids is 2. The molecule has 0 spiro atoms. The van der Waals surface area contributed by atoms with Crippen LogP contribution >= 0.6 is 0 Å². The summed E-state index contributed by atoms with van der Waals surface area (Å²) < 4.78 is 13.4. The van der Waals surface area contributed by atoms with E-state index in [1.54, 1.807) is 31.2 Å². The number of carbonyl (C=O) groups is 2. The van der Waals surface area contributed by atoms with E-state index in [0.29, 0.717) is 33.4 Å². The molecular weight excluding hydrogens is 371 g/mol. The molecule has 2 aromatic carbocycles. The molecule has 29 heavy (non-hydrogen) atoms.